The monoisotopic (exact) mass is 361 g/mol. The summed E-state index contributed by atoms with van der Waals surface area (Å²) in [5.41, 5.74) is 3.17. The molecule has 0 unspecified atom stereocenters. The van der Waals surface area contributed by atoms with E-state index in [0.29, 0.717) is 5.69 Å². The summed E-state index contributed by atoms with van der Waals surface area (Å²) in [5.74, 6) is -0.174. The van der Waals surface area contributed by atoms with E-state index in [9.17, 15) is 4.79 Å². The zero-order chi connectivity index (χ0) is 14.8. The van der Waals surface area contributed by atoms with Crippen LogP contribution in [0.25, 0.3) is 11.3 Å². The molecule has 0 saturated carbocycles. The van der Waals surface area contributed by atoms with Crippen molar-refractivity contribution in [3.05, 3.63) is 57.1 Å². The van der Waals surface area contributed by atoms with Crippen molar-refractivity contribution in [3.8, 4) is 11.3 Å². The van der Waals surface area contributed by atoms with Gasteiger partial charge in [-0.25, -0.2) is 4.98 Å². The number of H-pyrrole nitrogens is 1. The number of nitrogens with zero attached hydrogens (tertiary/aromatic N) is 1. The number of aromatic amines is 1. The Morgan fingerprint density at radius 2 is 2.24 bits per heavy atom. The highest BCUT2D eigenvalue weighted by Gasteiger charge is 2.09. The SMILES string of the molecule is Cc1nc(-c2cccc(NC(=O)c3cc(Br)c[nH]3)c2)cs1. The fourth-order valence-electron chi connectivity index (χ4n) is 1.95. The molecule has 0 bridgehead atoms. The Kier molecular flexibility index (Phi) is 3.90. The van der Waals surface area contributed by atoms with E-state index in [1.165, 1.54) is 0 Å². The van der Waals surface area contributed by atoms with Crippen molar-refractivity contribution in [2.24, 2.45) is 0 Å². The predicted octanol–water partition coefficient (Wildman–Crippen LogP) is 4.46. The first kappa shape index (κ1) is 14.0. The molecule has 0 aliphatic heterocycles. The van der Waals surface area contributed by atoms with Gasteiger partial charge in [0.1, 0.15) is 5.69 Å². The molecule has 0 radical (unpaired) electrons. The second kappa shape index (κ2) is 5.83. The van der Waals surface area contributed by atoms with E-state index in [4.69, 9.17) is 0 Å². The number of rotatable bonds is 3. The van der Waals surface area contributed by atoms with Crippen LogP contribution in [0.4, 0.5) is 5.69 Å². The molecule has 0 fully saturated rings. The number of nitrogens with one attached hydrogen (secondary N) is 2. The summed E-state index contributed by atoms with van der Waals surface area (Å²) < 4.78 is 0.847. The maximum atomic E-state index is 12.1. The number of aryl methyl sites for hydroxylation is 1. The molecule has 1 aromatic carbocycles. The molecule has 0 saturated heterocycles. The van der Waals surface area contributed by atoms with Crippen LogP contribution in [0.3, 0.4) is 0 Å². The summed E-state index contributed by atoms with van der Waals surface area (Å²) in [6.07, 6.45) is 1.73. The van der Waals surface area contributed by atoms with Crippen LogP contribution in [-0.4, -0.2) is 15.9 Å². The van der Waals surface area contributed by atoms with E-state index >= 15 is 0 Å². The van der Waals surface area contributed by atoms with E-state index in [0.717, 1.165) is 26.4 Å². The Bertz CT molecular complexity index is 794. The molecule has 3 rings (SSSR count). The number of amides is 1. The summed E-state index contributed by atoms with van der Waals surface area (Å²) in [7, 11) is 0. The lowest BCUT2D eigenvalue weighted by atomic mass is 10.1. The number of carbonyl (C=O) groups excluding carboxylic acids is 1. The predicted molar refractivity (Wildman–Crippen MR) is 88.7 cm³/mol. The topological polar surface area (TPSA) is 57.8 Å². The third-order valence-electron chi connectivity index (χ3n) is 2.93. The summed E-state index contributed by atoms with van der Waals surface area (Å²) >= 11 is 4.92. The number of carbonyl (C=O) groups is 1. The van der Waals surface area contributed by atoms with Gasteiger partial charge in [-0.1, -0.05) is 12.1 Å². The standard InChI is InChI=1S/C15H12BrN3OS/c1-9-18-14(8-21-9)10-3-2-4-12(5-10)19-15(20)13-6-11(16)7-17-13/h2-8,17H,1H3,(H,19,20). The quantitative estimate of drug-likeness (QED) is 0.723. The highest BCUT2D eigenvalue weighted by Crippen LogP contribution is 2.24. The lowest BCUT2D eigenvalue weighted by Crippen LogP contribution is -2.12. The molecule has 4 nitrogen and oxygen atoms in total. The maximum Gasteiger partial charge on any atom is 0.272 e. The van der Waals surface area contributed by atoms with Gasteiger partial charge >= 0.3 is 0 Å². The van der Waals surface area contributed by atoms with Crippen LogP contribution in [0, 0.1) is 6.92 Å². The summed E-state index contributed by atoms with van der Waals surface area (Å²) in [4.78, 5) is 19.5. The molecule has 2 heterocycles. The lowest BCUT2D eigenvalue weighted by Gasteiger charge is -2.05. The van der Waals surface area contributed by atoms with Crippen LogP contribution in [0.2, 0.25) is 0 Å². The van der Waals surface area contributed by atoms with Crippen LogP contribution in [0.15, 0.2) is 46.4 Å². The Morgan fingerprint density at radius 3 is 2.90 bits per heavy atom. The van der Waals surface area contributed by atoms with E-state index in [2.05, 4.69) is 31.2 Å². The Balaban J connectivity index is 1.82. The highest BCUT2D eigenvalue weighted by atomic mass is 79.9. The van der Waals surface area contributed by atoms with Gasteiger partial charge < -0.3 is 10.3 Å². The van der Waals surface area contributed by atoms with Gasteiger partial charge in [0.05, 0.1) is 10.7 Å². The van der Waals surface area contributed by atoms with Crippen LogP contribution < -0.4 is 5.32 Å². The molecule has 3 aromatic rings. The zero-order valence-corrected chi connectivity index (χ0v) is 13.6. The van der Waals surface area contributed by atoms with Crippen molar-refractivity contribution in [1.82, 2.24) is 9.97 Å². The van der Waals surface area contributed by atoms with Crippen LogP contribution in [0.5, 0.6) is 0 Å². The molecule has 1 amide bonds. The van der Waals surface area contributed by atoms with Gasteiger partial charge in [0, 0.05) is 27.3 Å². The minimum Gasteiger partial charge on any atom is -0.356 e. The van der Waals surface area contributed by atoms with E-state index in [-0.39, 0.29) is 5.91 Å². The number of aromatic nitrogens is 2. The van der Waals surface area contributed by atoms with Gasteiger partial charge in [-0.15, -0.1) is 11.3 Å². The average Bonchev–Trinajstić information content (AvgIpc) is 3.08. The lowest BCUT2D eigenvalue weighted by molar-refractivity contribution is 0.102. The molecule has 6 heteroatoms. The van der Waals surface area contributed by atoms with E-state index < -0.39 is 0 Å². The second-order valence-corrected chi connectivity index (χ2v) is 6.50. The largest absolute Gasteiger partial charge is 0.356 e. The van der Waals surface area contributed by atoms with Crippen LogP contribution in [0.1, 0.15) is 15.5 Å². The second-order valence-electron chi connectivity index (χ2n) is 4.52. The van der Waals surface area contributed by atoms with Gasteiger partial charge in [-0.2, -0.15) is 0 Å². The smallest absolute Gasteiger partial charge is 0.272 e. The first-order chi connectivity index (χ1) is 10.1. The van der Waals surface area contributed by atoms with Gasteiger partial charge in [0.2, 0.25) is 0 Å². The Morgan fingerprint density at radius 1 is 1.38 bits per heavy atom. The molecule has 2 N–H and O–H groups in total. The molecule has 2 aromatic heterocycles. The fourth-order valence-corrected chi connectivity index (χ4v) is 2.92. The van der Waals surface area contributed by atoms with E-state index in [1.807, 2.05) is 36.6 Å². The highest BCUT2D eigenvalue weighted by molar-refractivity contribution is 9.10. The van der Waals surface area contributed by atoms with E-state index in [1.54, 1.807) is 23.6 Å². The first-order valence-corrected chi connectivity index (χ1v) is 7.97. The average molecular weight is 362 g/mol. The van der Waals surface area contributed by atoms with Crippen molar-refractivity contribution in [1.29, 1.82) is 0 Å². The maximum absolute atomic E-state index is 12.1. The Hall–Kier alpha value is -1.92. The molecule has 0 aliphatic carbocycles. The normalized spacial score (nSPS) is 10.6. The summed E-state index contributed by atoms with van der Waals surface area (Å²) in [6.45, 7) is 1.98. The molecule has 0 aliphatic rings. The van der Waals surface area contributed by atoms with Crippen molar-refractivity contribution < 1.29 is 4.79 Å². The fraction of sp³-hybridized carbons (Fsp3) is 0.0667. The van der Waals surface area contributed by atoms with Crippen LogP contribution >= 0.6 is 27.3 Å². The minimum absolute atomic E-state index is 0.174. The zero-order valence-electron chi connectivity index (χ0n) is 11.2. The van der Waals surface area contributed by atoms with Crippen molar-refractivity contribution in [2.75, 3.05) is 5.32 Å². The number of hydrogen-bond donors (Lipinski definition) is 2. The summed E-state index contributed by atoms with van der Waals surface area (Å²) in [6, 6.07) is 9.41. The van der Waals surface area contributed by atoms with Gasteiger partial charge in [-0.3, -0.25) is 4.79 Å². The van der Waals surface area contributed by atoms with Crippen molar-refractivity contribution >= 4 is 38.9 Å². The number of benzene rings is 1. The van der Waals surface area contributed by atoms with Crippen LogP contribution in [-0.2, 0) is 0 Å². The first-order valence-electron chi connectivity index (χ1n) is 6.29. The molecular weight excluding hydrogens is 350 g/mol. The van der Waals surface area contributed by atoms with Gasteiger partial charge in [0.15, 0.2) is 0 Å². The molecule has 21 heavy (non-hydrogen) atoms. The van der Waals surface area contributed by atoms with Crippen molar-refractivity contribution in [3.63, 3.8) is 0 Å². The molecule has 0 atom stereocenters. The number of hydrogen-bond acceptors (Lipinski definition) is 3. The number of halogens is 1. The number of thiazole rings is 1. The summed E-state index contributed by atoms with van der Waals surface area (Å²) in [5, 5.41) is 5.91. The van der Waals surface area contributed by atoms with Gasteiger partial charge in [0.25, 0.3) is 5.91 Å². The molecule has 106 valence electrons. The third-order valence-corrected chi connectivity index (χ3v) is 4.16. The third kappa shape index (κ3) is 3.22. The number of anilines is 1. The Labute approximate surface area is 134 Å². The van der Waals surface area contributed by atoms with Crippen molar-refractivity contribution in [2.45, 2.75) is 6.92 Å². The molecular formula is C15H12BrN3OS. The minimum atomic E-state index is -0.174. The van der Waals surface area contributed by atoms with Gasteiger partial charge in [-0.05, 0) is 41.1 Å². The molecule has 0 spiro atoms.